The lowest BCUT2D eigenvalue weighted by Gasteiger charge is -2.20. The Balaban J connectivity index is 1.78. The van der Waals surface area contributed by atoms with E-state index in [-0.39, 0.29) is 30.3 Å². The van der Waals surface area contributed by atoms with E-state index in [0.717, 1.165) is 12.0 Å². The van der Waals surface area contributed by atoms with Crippen LogP contribution in [0.5, 0.6) is 0 Å². The van der Waals surface area contributed by atoms with Gasteiger partial charge in [0.1, 0.15) is 12.6 Å². The molecule has 0 unspecified atom stereocenters. The van der Waals surface area contributed by atoms with E-state index in [9.17, 15) is 14.4 Å². The van der Waals surface area contributed by atoms with Crippen LogP contribution in [0.15, 0.2) is 30.3 Å². The van der Waals surface area contributed by atoms with E-state index in [1.807, 2.05) is 44.2 Å². The van der Waals surface area contributed by atoms with Gasteiger partial charge in [0.2, 0.25) is 5.91 Å². The van der Waals surface area contributed by atoms with Gasteiger partial charge < -0.3 is 15.4 Å². The van der Waals surface area contributed by atoms with Crippen molar-refractivity contribution in [2.24, 2.45) is 11.8 Å². The minimum Gasteiger partial charge on any atom is -0.445 e. The largest absolute Gasteiger partial charge is 0.445 e. The summed E-state index contributed by atoms with van der Waals surface area (Å²) in [5.74, 6) is -0.328. The Morgan fingerprint density at radius 2 is 2.00 bits per heavy atom. The highest BCUT2D eigenvalue weighted by Gasteiger charge is 2.25. The summed E-state index contributed by atoms with van der Waals surface area (Å²) < 4.78 is 5.19. The molecule has 27 heavy (non-hydrogen) atoms. The van der Waals surface area contributed by atoms with Crippen LogP contribution in [0.2, 0.25) is 0 Å². The maximum absolute atomic E-state index is 12.4. The van der Waals surface area contributed by atoms with Gasteiger partial charge in [-0.05, 0) is 24.3 Å². The third kappa shape index (κ3) is 7.26. The number of ether oxygens (including phenoxy) is 1. The number of hydrogen-bond acceptors (Lipinski definition) is 5. The molecule has 148 valence electrons. The molecule has 4 N–H and O–H groups in total. The van der Waals surface area contributed by atoms with Crippen molar-refractivity contribution in [1.29, 1.82) is 0 Å². The first-order valence-electron chi connectivity index (χ1n) is 9.23. The van der Waals surface area contributed by atoms with Gasteiger partial charge in [-0.2, -0.15) is 0 Å². The highest BCUT2D eigenvalue weighted by atomic mass is 16.5. The summed E-state index contributed by atoms with van der Waals surface area (Å²) >= 11 is 0. The van der Waals surface area contributed by atoms with Crippen molar-refractivity contribution < 1.29 is 19.1 Å². The summed E-state index contributed by atoms with van der Waals surface area (Å²) in [7, 11) is 0. The molecular formula is C19H28N4O4. The number of carbonyl (C=O) groups excluding carboxylic acids is 3. The highest BCUT2D eigenvalue weighted by molar-refractivity contribution is 5.85. The predicted molar refractivity (Wildman–Crippen MR) is 100 cm³/mol. The molecule has 0 radical (unpaired) electrons. The molecule has 0 spiro atoms. The van der Waals surface area contributed by atoms with Gasteiger partial charge in [0.05, 0.1) is 5.92 Å². The number of carbonyl (C=O) groups is 3. The van der Waals surface area contributed by atoms with Gasteiger partial charge >= 0.3 is 6.09 Å². The number of alkyl carbamates (subject to hydrolysis) is 1. The third-order valence-electron chi connectivity index (χ3n) is 4.25. The zero-order valence-corrected chi connectivity index (χ0v) is 15.8. The molecule has 0 aliphatic carbocycles. The van der Waals surface area contributed by atoms with E-state index in [1.54, 1.807) is 0 Å². The van der Waals surface area contributed by atoms with Gasteiger partial charge in [0.15, 0.2) is 0 Å². The Hall–Kier alpha value is -2.61. The summed E-state index contributed by atoms with van der Waals surface area (Å²) in [5, 5.41) is 5.36. The van der Waals surface area contributed by atoms with Gasteiger partial charge in [-0.3, -0.25) is 15.0 Å². The van der Waals surface area contributed by atoms with Crippen molar-refractivity contribution in [2.45, 2.75) is 39.3 Å². The van der Waals surface area contributed by atoms with Crippen LogP contribution in [0.1, 0.15) is 32.3 Å². The molecule has 3 amide bonds. The van der Waals surface area contributed by atoms with Crippen LogP contribution in [0, 0.1) is 11.8 Å². The average molecular weight is 376 g/mol. The first-order valence-corrected chi connectivity index (χ1v) is 9.23. The second-order valence-electron chi connectivity index (χ2n) is 7.03. The molecule has 1 aromatic rings. The summed E-state index contributed by atoms with van der Waals surface area (Å²) in [6.45, 7) is 5.08. The van der Waals surface area contributed by atoms with E-state index >= 15 is 0 Å². The van der Waals surface area contributed by atoms with Crippen LogP contribution in [0.3, 0.4) is 0 Å². The SMILES string of the molecule is CC(C)C[C@@H](NC(=O)OCc1ccccc1)C(=O)NNC[C@@H]1CCNC1=O. The number of benzene rings is 1. The topological polar surface area (TPSA) is 109 Å². The molecule has 1 aromatic carbocycles. The maximum Gasteiger partial charge on any atom is 0.408 e. The molecule has 0 bridgehead atoms. The molecule has 1 saturated heterocycles. The van der Waals surface area contributed by atoms with Gasteiger partial charge in [0.25, 0.3) is 5.91 Å². The molecule has 2 atom stereocenters. The number of amides is 3. The van der Waals surface area contributed by atoms with Gasteiger partial charge in [-0.25, -0.2) is 10.2 Å². The number of hydrazine groups is 1. The van der Waals surface area contributed by atoms with Crippen LogP contribution in [0.25, 0.3) is 0 Å². The summed E-state index contributed by atoms with van der Waals surface area (Å²) in [4.78, 5) is 36.0. The van der Waals surface area contributed by atoms with E-state index in [0.29, 0.717) is 19.5 Å². The minimum atomic E-state index is -0.724. The lowest BCUT2D eigenvalue weighted by Crippen LogP contribution is -2.52. The lowest BCUT2D eigenvalue weighted by molar-refractivity contribution is -0.126. The van der Waals surface area contributed by atoms with E-state index < -0.39 is 12.1 Å². The Morgan fingerprint density at radius 1 is 1.26 bits per heavy atom. The smallest absolute Gasteiger partial charge is 0.408 e. The normalized spacial score (nSPS) is 17.3. The molecule has 8 heteroatoms. The molecule has 1 fully saturated rings. The monoisotopic (exact) mass is 376 g/mol. The number of hydrogen-bond donors (Lipinski definition) is 4. The Kier molecular flexibility index (Phi) is 8.06. The van der Waals surface area contributed by atoms with Crippen molar-refractivity contribution in [1.82, 2.24) is 21.5 Å². The van der Waals surface area contributed by atoms with Crippen molar-refractivity contribution in [3.63, 3.8) is 0 Å². The third-order valence-corrected chi connectivity index (χ3v) is 4.25. The maximum atomic E-state index is 12.4. The number of nitrogens with one attached hydrogen (secondary N) is 4. The Bertz CT molecular complexity index is 636. The zero-order chi connectivity index (χ0) is 19.6. The first kappa shape index (κ1) is 20.7. The molecule has 1 aliphatic rings. The van der Waals surface area contributed by atoms with Gasteiger partial charge in [-0.1, -0.05) is 44.2 Å². The van der Waals surface area contributed by atoms with Crippen LogP contribution < -0.4 is 21.5 Å². The lowest BCUT2D eigenvalue weighted by atomic mass is 10.0. The molecule has 0 saturated carbocycles. The fourth-order valence-corrected chi connectivity index (χ4v) is 2.80. The fraction of sp³-hybridized carbons (Fsp3) is 0.526. The molecule has 1 heterocycles. The fourth-order valence-electron chi connectivity index (χ4n) is 2.80. The second-order valence-corrected chi connectivity index (χ2v) is 7.03. The van der Waals surface area contributed by atoms with Gasteiger partial charge in [-0.15, -0.1) is 0 Å². The highest BCUT2D eigenvalue weighted by Crippen LogP contribution is 2.08. The Morgan fingerprint density at radius 3 is 2.63 bits per heavy atom. The first-order chi connectivity index (χ1) is 13.0. The summed E-state index contributed by atoms with van der Waals surface area (Å²) in [6, 6.07) is 8.60. The second kappa shape index (κ2) is 10.5. The number of rotatable bonds is 9. The molecular weight excluding hydrogens is 348 g/mol. The van der Waals surface area contributed by atoms with Crippen LogP contribution >= 0.6 is 0 Å². The predicted octanol–water partition coefficient (Wildman–Crippen LogP) is 1.08. The zero-order valence-electron chi connectivity index (χ0n) is 15.8. The minimum absolute atomic E-state index is 0.0157. The van der Waals surface area contributed by atoms with E-state index in [4.69, 9.17) is 4.74 Å². The Labute approximate surface area is 159 Å². The van der Waals surface area contributed by atoms with Crippen LogP contribution in [0.4, 0.5) is 4.79 Å². The molecule has 0 aromatic heterocycles. The van der Waals surface area contributed by atoms with Crippen molar-refractivity contribution in [3.8, 4) is 0 Å². The average Bonchev–Trinajstić information content (AvgIpc) is 3.05. The van der Waals surface area contributed by atoms with E-state index in [2.05, 4.69) is 21.5 Å². The van der Waals surface area contributed by atoms with E-state index in [1.165, 1.54) is 0 Å². The van der Waals surface area contributed by atoms with Crippen LogP contribution in [-0.2, 0) is 20.9 Å². The molecule has 8 nitrogen and oxygen atoms in total. The van der Waals surface area contributed by atoms with Gasteiger partial charge in [0, 0.05) is 13.1 Å². The van der Waals surface area contributed by atoms with Crippen molar-refractivity contribution in [3.05, 3.63) is 35.9 Å². The summed E-state index contributed by atoms with van der Waals surface area (Å²) in [6.07, 6.45) is 0.564. The van der Waals surface area contributed by atoms with Crippen molar-refractivity contribution in [2.75, 3.05) is 13.1 Å². The van der Waals surface area contributed by atoms with Crippen molar-refractivity contribution >= 4 is 17.9 Å². The molecule has 1 aliphatic heterocycles. The molecule has 2 rings (SSSR count). The van der Waals surface area contributed by atoms with Crippen LogP contribution in [-0.4, -0.2) is 37.0 Å². The quantitative estimate of drug-likeness (QED) is 0.483. The summed E-state index contributed by atoms with van der Waals surface area (Å²) in [5.41, 5.74) is 6.23. The standard InChI is InChI=1S/C19H28N4O4/c1-13(2)10-16(18(25)23-21-11-15-8-9-20-17(15)24)22-19(26)27-12-14-6-4-3-5-7-14/h3-7,13,15-16,21H,8-12H2,1-2H3,(H,20,24)(H,22,26)(H,23,25)/t15-,16+/m0/s1.